The molecule has 112 valence electrons. The van der Waals surface area contributed by atoms with Crippen LogP contribution in [0.4, 0.5) is 13.2 Å². The third-order valence-electron chi connectivity index (χ3n) is 3.52. The van der Waals surface area contributed by atoms with Crippen LogP contribution in [-0.2, 0) is 19.3 Å². The van der Waals surface area contributed by atoms with Gasteiger partial charge in [-0.1, -0.05) is 6.92 Å². The summed E-state index contributed by atoms with van der Waals surface area (Å²) < 4.78 is 37.0. The Morgan fingerprint density at radius 3 is 2.90 bits per heavy atom. The van der Waals surface area contributed by atoms with Gasteiger partial charge in [0.25, 0.3) is 0 Å². The molecule has 1 heterocycles. The number of alkyl halides is 3. The molecule has 0 saturated carbocycles. The molecule has 1 unspecified atom stereocenters. The molecule has 3 nitrogen and oxygen atoms in total. The Hall–Kier alpha value is -1.17. The molecular weight excluding hydrogens is 267 g/mol. The molecule has 0 radical (unpaired) electrons. The first-order valence-electron chi connectivity index (χ1n) is 7.09. The van der Waals surface area contributed by atoms with Crippen LogP contribution in [0.5, 0.6) is 0 Å². The van der Waals surface area contributed by atoms with Crippen LogP contribution in [0, 0.1) is 5.92 Å². The summed E-state index contributed by atoms with van der Waals surface area (Å²) in [4.78, 5) is 7.93. The molecule has 0 bridgehead atoms. The molecule has 1 N–H and O–H groups in total. The van der Waals surface area contributed by atoms with Gasteiger partial charge < -0.3 is 5.32 Å². The molecule has 2 rings (SSSR count). The molecule has 1 aromatic rings. The second-order valence-electron chi connectivity index (χ2n) is 5.36. The van der Waals surface area contributed by atoms with Crippen molar-refractivity contribution in [3.05, 3.63) is 23.3 Å². The fourth-order valence-corrected chi connectivity index (χ4v) is 2.55. The summed E-state index contributed by atoms with van der Waals surface area (Å²) >= 11 is 0. The third kappa shape index (κ3) is 4.44. The number of nitrogens with zero attached hydrogens (tertiary/aromatic N) is 2. The highest BCUT2D eigenvalue weighted by Gasteiger charge is 2.30. The van der Waals surface area contributed by atoms with Crippen molar-refractivity contribution in [3.8, 4) is 0 Å². The van der Waals surface area contributed by atoms with Crippen LogP contribution in [0.1, 0.15) is 36.8 Å². The average molecular weight is 287 g/mol. The lowest BCUT2D eigenvalue weighted by molar-refractivity contribution is -0.128. The quantitative estimate of drug-likeness (QED) is 0.846. The molecule has 1 aliphatic carbocycles. The zero-order valence-electron chi connectivity index (χ0n) is 11.6. The van der Waals surface area contributed by atoms with Crippen LogP contribution in [0.15, 0.2) is 6.20 Å². The fourth-order valence-electron chi connectivity index (χ4n) is 2.55. The lowest BCUT2D eigenvalue weighted by Gasteiger charge is -2.24. The van der Waals surface area contributed by atoms with Gasteiger partial charge in [-0.2, -0.15) is 13.2 Å². The topological polar surface area (TPSA) is 37.8 Å². The summed E-state index contributed by atoms with van der Waals surface area (Å²) in [6, 6.07) is 0. The second kappa shape index (κ2) is 6.52. The number of aromatic nitrogens is 2. The van der Waals surface area contributed by atoms with Crippen molar-refractivity contribution in [1.82, 2.24) is 15.3 Å². The number of rotatable bonds is 5. The minimum atomic E-state index is -4.24. The minimum absolute atomic E-state index is 0.112. The number of hydrogen-bond acceptors (Lipinski definition) is 3. The van der Waals surface area contributed by atoms with Gasteiger partial charge in [0.2, 0.25) is 0 Å². The van der Waals surface area contributed by atoms with Crippen molar-refractivity contribution in [2.45, 2.75) is 45.2 Å². The van der Waals surface area contributed by atoms with Crippen LogP contribution < -0.4 is 5.32 Å². The summed E-state index contributed by atoms with van der Waals surface area (Å²) in [5.74, 6) is 0.421. The Kier molecular flexibility index (Phi) is 4.96. The Labute approximate surface area is 117 Å². The minimum Gasteiger partial charge on any atom is -0.316 e. The van der Waals surface area contributed by atoms with Crippen molar-refractivity contribution in [1.29, 1.82) is 0 Å². The van der Waals surface area contributed by atoms with Gasteiger partial charge in [-0.3, -0.25) is 0 Å². The van der Waals surface area contributed by atoms with E-state index in [-0.39, 0.29) is 5.82 Å². The zero-order valence-corrected chi connectivity index (χ0v) is 11.6. The van der Waals surface area contributed by atoms with Gasteiger partial charge >= 0.3 is 6.18 Å². The Morgan fingerprint density at radius 1 is 1.40 bits per heavy atom. The lowest BCUT2D eigenvalue weighted by atomic mass is 9.87. The highest BCUT2D eigenvalue weighted by Crippen LogP contribution is 2.25. The Bertz CT molecular complexity index is 446. The summed E-state index contributed by atoms with van der Waals surface area (Å²) in [5, 5.41) is 3.39. The lowest BCUT2D eigenvalue weighted by Crippen LogP contribution is -2.28. The van der Waals surface area contributed by atoms with Crippen molar-refractivity contribution in [2.24, 2.45) is 5.92 Å². The summed E-state index contributed by atoms with van der Waals surface area (Å²) in [5.41, 5.74) is 1.80. The third-order valence-corrected chi connectivity index (χ3v) is 3.52. The molecule has 0 fully saturated rings. The van der Waals surface area contributed by atoms with Crippen LogP contribution in [0.2, 0.25) is 0 Å². The Balaban J connectivity index is 1.97. The number of halogens is 3. The summed E-state index contributed by atoms with van der Waals surface area (Å²) in [6.45, 7) is 4.08. The van der Waals surface area contributed by atoms with Crippen molar-refractivity contribution in [2.75, 3.05) is 13.1 Å². The van der Waals surface area contributed by atoms with Crippen molar-refractivity contribution >= 4 is 0 Å². The van der Waals surface area contributed by atoms with Gasteiger partial charge in [-0.25, -0.2) is 9.97 Å². The van der Waals surface area contributed by atoms with Crippen molar-refractivity contribution < 1.29 is 13.2 Å². The monoisotopic (exact) mass is 287 g/mol. The van der Waals surface area contributed by atoms with Gasteiger partial charge in [0.05, 0.1) is 0 Å². The van der Waals surface area contributed by atoms with E-state index < -0.39 is 12.6 Å². The van der Waals surface area contributed by atoms with Crippen LogP contribution in [0.3, 0.4) is 0 Å². The second-order valence-corrected chi connectivity index (χ2v) is 5.36. The van der Waals surface area contributed by atoms with E-state index in [1.165, 1.54) is 0 Å². The number of aryl methyl sites for hydroxylation is 1. The van der Waals surface area contributed by atoms with E-state index in [2.05, 4.69) is 22.2 Å². The number of hydrogen-bond donors (Lipinski definition) is 1. The first-order chi connectivity index (χ1) is 9.48. The van der Waals surface area contributed by atoms with Gasteiger partial charge in [0.15, 0.2) is 0 Å². The normalized spacial score (nSPS) is 18.9. The van der Waals surface area contributed by atoms with Crippen LogP contribution in [0.25, 0.3) is 0 Å². The maximum Gasteiger partial charge on any atom is 0.396 e. The maximum atomic E-state index is 12.3. The first kappa shape index (κ1) is 15.2. The van der Waals surface area contributed by atoms with Gasteiger partial charge in [-0.05, 0) is 50.3 Å². The van der Waals surface area contributed by atoms with E-state index in [4.69, 9.17) is 0 Å². The molecule has 1 atom stereocenters. The summed E-state index contributed by atoms with van der Waals surface area (Å²) in [7, 11) is 0. The Morgan fingerprint density at radius 2 is 2.20 bits per heavy atom. The molecule has 0 saturated heterocycles. The summed E-state index contributed by atoms with van der Waals surface area (Å²) in [6.07, 6.45) is -0.00834. The molecule has 0 aromatic carbocycles. The highest BCUT2D eigenvalue weighted by atomic mass is 19.4. The van der Waals surface area contributed by atoms with Crippen molar-refractivity contribution in [3.63, 3.8) is 0 Å². The molecule has 1 aromatic heterocycles. The van der Waals surface area contributed by atoms with Crippen LogP contribution >= 0.6 is 0 Å². The van der Waals surface area contributed by atoms with E-state index in [0.717, 1.165) is 50.0 Å². The fraction of sp³-hybridized carbons (Fsp3) is 0.714. The van der Waals surface area contributed by atoms with Gasteiger partial charge in [-0.15, -0.1) is 0 Å². The molecule has 0 spiro atoms. The number of fused-ring (bicyclic) bond motifs is 1. The molecule has 0 aliphatic heterocycles. The largest absolute Gasteiger partial charge is 0.396 e. The predicted octanol–water partition coefficient (Wildman–Crippen LogP) is 2.69. The molecule has 20 heavy (non-hydrogen) atoms. The number of nitrogens with one attached hydrogen (secondary N) is 1. The van der Waals surface area contributed by atoms with E-state index >= 15 is 0 Å². The first-order valence-corrected chi connectivity index (χ1v) is 7.09. The maximum absolute atomic E-state index is 12.3. The SMILES string of the molecule is CCCNCC1CCc2nc(CC(F)(F)F)ncc2C1. The molecule has 6 heteroatoms. The van der Waals surface area contributed by atoms with Gasteiger partial charge in [0.1, 0.15) is 12.2 Å². The highest BCUT2D eigenvalue weighted by molar-refractivity contribution is 5.21. The zero-order chi connectivity index (χ0) is 14.6. The van der Waals surface area contributed by atoms with Gasteiger partial charge in [0, 0.05) is 11.9 Å². The predicted molar refractivity (Wildman–Crippen MR) is 70.5 cm³/mol. The van der Waals surface area contributed by atoms with E-state index in [0.29, 0.717) is 5.92 Å². The smallest absolute Gasteiger partial charge is 0.316 e. The standard InChI is InChI=1S/C14H20F3N3/c1-2-5-18-8-10-3-4-12-11(6-10)9-19-13(20-12)7-14(15,16)17/h9-10,18H,2-8H2,1H3. The molecular formula is C14H20F3N3. The van der Waals surface area contributed by atoms with E-state index in [1.54, 1.807) is 6.20 Å². The van der Waals surface area contributed by atoms with E-state index in [1.807, 2.05) is 0 Å². The molecule has 0 amide bonds. The molecule has 1 aliphatic rings. The van der Waals surface area contributed by atoms with Crippen LogP contribution in [-0.4, -0.2) is 29.2 Å². The average Bonchev–Trinajstić information content (AvgIpc) is 2.37. The van der Waals surface area contributed by atoms with E-state index in [9.17, 15) is 13.2 Å².